The van der Waals surface area contributed by atoms with Crippen molar-refractivity contribution in [2.45, 2.75) is 0 Å². The van der Waals surface area contributed by atoms with Gasteiger partial charge in [0, 0.05) is 0 Å². The van der Waals surface area contributed by atoms with Gasteiger partial charge in [-0.3, -0.25) is 0 Å². The minimum Gasteiger partial charge on any atom is -0.137 e. The number of nitrogens with zero attached hydrogens (tertiary/aromatic N) is 3. The van der Waals surface area contributed by atoms with Crippen LogP contribution in [-0.4, -0.2) is 15.4 Å². The molecule has 3 nitrogen and oxygen atoms in total. The minimum absolute atomic E-state index is 0.384. The Morgan fingerprint density at radius 2 is 2.57 bits per heavy atom. The van der Waals surface area contributed by atoms with E-state index in [1.165, 1.54) is 6.20 Å². The average Bonchev–Trinajstić information content (AvgIpc) is 1.69. The van der Waals surface area contributed by atoms with Gasteiger partial charge in [-0.15, -0.1) is 10.2 Å². The Labute approximate surface area is 45.3 Å². The van der Waals surface area contributed by atoms with E-state index < -0.39 is 0 Å². The van der Waals surface area contributed by atoms with Crippen molar-refractivity contribution in [1.29, 1.82) is 0 Å². The van der Waals surface area contributed by atoms with Gasteiger partial charge < -0.3 is 0 Å². The lowest BCUT2D eigenvalue weighted by Gasteiger charge is -1.75. The van der Waals surface area contributed by atoms with Crippen molar-refractivity contribution in [2.75, 3.05) is 0 Å². The number of hydrogen-bond donors (Lipinski definition) is 0. The van der Waals surface area contributed by atoms with E-state index in [9.17, 15) is 0 Å². The second-order valence-electron chi connectivity index (χ2n) is 0.894. The molecule has 1 rings (SSSR count). The predicted octanol–water partition coefficient (Wildman–Crippen LogP) is 0.325. The summed E-state index contributed by atoms with van der Waals surface area (Å²) in [4.78, 5) is 0. The Hall–Kier alpha value is -0.700. The second-order valence-corrected chi connectivity index (χ2v) is 1.30. The van der Waals surface area contributed by atoms with Crippen LogP contribution in [0.4, 0.5) is 0 Å². The number of hydrogen-bond acceptors (Lipinski definition) is 3. The van der Waals surface area contributed by atoms with Gasteiger partial charge in [-0.1, -0.05) is 11.6 Å². The Balaban J connectivity index is 3.02. The molecule has 1 aromatic rings. The quantitative estimate of drug-likeness (QED) is 0.488. The van der Waals surface area contributed by atoms with Gasteiger partial charge in [-0.25, -0.2) is 0 Å². The molecule has 0 aliphatic carbocycles. The first-order valence-corrected chi connectivity index (χ1v) is 1.99. The molecule has 0 unspecified atom stereocenters. The normalized spacial score (nSPS) is 8.71. The van der Waals surface area contributed by atoms with Gasteiger partial charge in [0.15, 0.2) is 0 Å². The first-order valence-electron chi connectivity index (χ1n) is 1.61. The summed E-state index contributed by atoms with van der Waals surface area (Å²) in [5.74, 6) is 0. The van der Waals surface area contributed by atoms with E-state index in [0.717, 1.165) is 0 Å². The summed E-state index contributed by atoms with van der Waals surface area (Å²) >= 11 is 5.32. The fourth-order valence-corrected chi connectivity index (χ4v) is 0.283. The molecule has 0 spiro atoms. The first kappa shape index (κ1) is 4.46. The SMILES string of the molecule is Clc1[c]nnnc1. The summed E-state index contributed by atoms with van der Waals surface area (Å²) in [5.41, 5.74) is 0. The van der Waals surface area contributed by atoms with Crippen LogP contribution in [-0.2, 0) is 0 Å². The van der Waals surface area contributed by atoms with E-state index in [1.807, 2.05) is 0 Å². The van der Waals surface area contributed by atoms with Crippen molar-refractivity contribution in [3.05, 3.63) is 17.4 Å². The molecule has 0 fully saturated rings. The third kappa shape index (κ3) is 1.08. The molecule has 0 aliphatic rings. The Kier molecular flexibility index (Phi) is 1.17. The van der Waals surface area contributed by atoms with E-state index in [-0.39, 0.29) is 0 Å². The van der Waals surface area contributed by atoms with Gasteiger partial charge in [-0.05, 0) is 5.21 Å². The van der Waals surface area contributed by atoms with Crippen LogP contribution < -0.4 is 0 Å². The monoisotopic (exact) mass is 114 g/mol. The molecule has 1 aromatic heterocycles. The van der Waals surface area contributed by atoms with Crippen LogP contribution in [0.1, 0.15) is 0 Å². The highest BCUT2D eigenvalue weighted by Gasteiger charge is 1.80. The molecule has 7 heavy (non-hydrogen) atoms. The summed E-state index contributed by atoms with van der Waals surface area (Å²) in [6.45, 7) is 0. The third-order valence-electron chi connectivity index (χ3n) is 0.424. The fourth-order valence-electron chi connectivity index (χ4n) is 0.201. The highest BCUT2D eigenvalue weighted by Crippen LogP contribution is 1.96. The van der Waals surface area contributed by atoms with Crippen LogP contribution in [0.25, 0.3) is 0 Å². The molecule has 0 N–H and O–H groups in total. The summed E-state index contributed by atoms with van der Waals surface area (Å²) in [6, 6.07) is 0. The number of rotatable bonds is 0. The van der Waals surface area contributed by atoms with Gasteiger partial charge in [0.25, 0.3) is 0 Å². The molecule has 0 aliphatic heterocycles. The van der Waals surface area contributed by atoms with E-state index in [0.29, 0.717) is 5.02 Å². The molecule has 0 saturated carbocycles. The molecular weight excluding hydrogens is 114 g/mol. The zero-order valence-corrected chi connectivity index (χ0v) is 4.05. The summed E-state index contributed by atoms with van der Waals surface area (Å²) in [6.07, 6.45) is 3.74. The average molecular weight is 115 g/mol. The highest BCUT2D eigenvalue weighted by atomic mass is 35.5. The first-order chi connectivity index (χ1) is 3.39. The van der Waals surface area contributed by atoms with Gasteiger partial charge in [0.05, 0.1) is 11.2 Å². The molecule has 0 aromatic carbocycles. The molecule has 35 valence electrons. The van der Waals surface area contributed by atoms with Crippen molar-refractivity contribution in [3.8, 4) is 0 Å². The van der Waals surface area contributed by atoms with E-state index in [4.69, 9.17) is 11.6 Å². The van der Waals surface area contributed by atoms with Crippen LogP contribution in [0.2, 0.25) is 5.02 Å². The lowest BCUT2D eigenvalue weighted by Crippen LogP contribution is -1.81. The van der Waals surface area contributed by atoms with Crippen LogP contribution in [0, 0.1) is 6.20 Å². The predicted molar refractivity (Wildman–Crippen MR) is 23.7 cm³/mol. The van der Waals surface area contributed by atoms with Gasteiger partial charge in [-0.2, -0.15) is 0 Å². The van der Waals surface area contributed by atoms with Gasteiger partial charge in [0.2, 0.25) is 0 Å². The molecule has 0 saturated heterocycles. The topological polar surface area (TPSA) is 38.7 Å². The standard InChI is InChI=1S/C3HClN3/c4-3-1-5-7-6-2-3/h1H. The van der Waals surface area contributed by atoms with Crippen LogP contribution >= 0.6 is 11.6 Å². The molecule has 0 bridgehead atoms. The Bertz CT molecular complexity index is 140. The summed E-state index contributed by atoms with van der Waals surface area (Å²) < 4.78 is 0. The van der Waals surface area contributed by atoms with Crippen LogP contribution in [0.15, 0.2) is 6.20 Å². The zero-order valence-electron chi connectivity index (χ0n) is 3.30. The van der Waals surface area contributed by atoms with Gasteiger partial charge >= 0.3 is 0 Å². The number of halogens is 1. The minimum atomic E-state index is 0.384. The maximum atomic E-state index is 5.32. The fraction of sp³-hybridized carbons (Fsp3) is 0. The summed E-state index contributed by atoms with van der Waals surface area (Å²) in [5, 5.41) is 10.2. The smallest absolute Gasteiger partial charge is 0.137 e. The van der Waals surface area contributed by atoms with Crippen molar-refractivity contribution in [1.82, 2.24) is 15.4 Å². The maximum Gasteiger partial charge on any atom is 0.137 e. The number of aromatic nitrogens is 3. The third-order valence-corrected chi connectivity index (χ3v) is 0.606. The van der Waals surface area contributed by atoms with Gasteiger partial charge in [0.1, 0.15) is 6.20 Å². The molecule has 1 radical (unpaired) electrons. The molecule has 0 atom stereocenters. The lowest BCUT2D eigenvalue weighted by atomic mass is 10.7. The van der Waals surface area contributed by atoms with Crippen LogP contribution in [0.3, 0.4) is 0 Å². The molecule has 0 amide bonds. The van der Waals surface area contributed by atoms with E-state index >= 15 is 0 Å². The van der Waals surface area contributed by atoms with Crippen molar-refractivity contribution in [3.63, 3.8) is 0 Å². The maximum absolute atomic E-state index is 5.32. The Morgan fingerprint density at radius 1 is 1.71 bits per heavy atom. The van der Waals surface area contributed by atoms with E-state index in [2.05, 4.69) is 21.6 Å². The highest BCUT2D eigenvalue weighted by molar-refractivity contribution is 6.30. The van der Waals surface area contributed by atoms with Crippen molar-refractivity contribution < 1.29 is 0 Å². The van der Waals surface area contributed by atoms with Crippen molar-refractivity contribution >= 4 is 11.6 Å². The van der Waals surface area contributed by atoms with Crippen LogP contribution in [0.5, 0.6) is 0 Å². The largest absolute Gasteiger partial charge is 0.137 e. The summed E-state index contributed by atoms with van der Waals surface area (Å²) in [7, 11) is 0. The molecular formula is C3HClN3. The zero-order chi connectivity index (χ0) is 5.11. The van der Waals surface area contributed by atoms with E-state index in [1.54, 1.807) is 0 Å². The molecule has 4 heteroatoms. The second kappa shape index (κ2) is 1.84. The van der Waals surface area contributed by atoms with Crippen molar-refractivity contribution in [2.24, 2.45) is 0 Å². The lowest BCUT2D eigenvalue weighted by molar-refractivity contribution is 0.860. The molecule has 1 heterocycles. The Morgan fingerprint density at radius 3 is 2.86 bits per heavy atom.